The summed E-state index contributed by atoms with van der Waals surface area (Å²) in [7, 11) is 0. The van der Waals surface area contributed by atoms with Crippen LogP contribution < -0.4 is 0 Å². The number of rotatable bonds is 4. The number of piperazine rings is 1. The maximum absolute atomic E-state index is 2.72. The van der Waals surface area contributed by atoms with Gasteiger partial charge in [0.05, 0.1) is 0 Å². The number of hydrogen-bond acceptors (Lipinski definition) is 2. The maximum atomic E-state index is 2.72. The van der Waals surface area contributed by atoms with Crippen molar-refractivity contribution in [3.8, 4) is 0 Å². The SMILES string of the molecule is CC[C@H](C)N1CCN(C[C@H]2C[C@H]3C=C[C@H]2C3)CC1. The van der Waals surface area contributed by atoms with Gasteiger partial charge in [-0.1, -0.05) is 19.1 Å². The van der Waals surface area contributed by atoms with Gasteiger partial charge in [-0.25, -0.2) is 0 Å². The lowest BCUT2D eigenvalue weighted by Gasteiger charge is -2.39. The van der Waals surface area contributed by atoms with Gasteiger partial charge >= 0.3 is 0 Å². The molecule has 2 bridgehead atoms. The van der Waals surface area contributed by atoms with Gasteiger partial charge in [-0.2, -0.15) is 0 Å². The molecule has 0 aromatic carbocycles. The Morgan fingerprint density at radius 3 is 2.44 bits per heavy atom. The summed E-state index contributed by atoms with van der Waals surface area (Å²) in [6, 6.07) is 0.776. The summed E-state index contributed by atoms with van der Waals surface area (Å²) < 4.78 is 0. The zero-order valence-corrected chi connectivity index (χ0v) is 12.0. The van der Waals surface area contributed by atoms with Gasteiger partial charge in [0.15, 0.2) is 0 Å². The average Bonchev–Trinajstić information content (AvgIpc) is 3.01. The Balaban J connectivity index is 1.45. The van der Waals surface area contributed by atoms with Crippen molar-refractivity contribution in [2.75, 3.05) is 32.7 Å². The largest absolute Gasteiger partial charge is 0.300 e. The predicted octanol–water partition coefficient (Wildman–Crippen LogP) is 2.61. The number of allylic oxidation sites excluding steroid dienone is 2. The molecule has 2 nitrogen and oxygen atoms in total. The van der Waals surface area contributed by atoms with E-state index in [-0.39, 0.29) is 0 Å². The topological polar surface area (TPSA) is 6.48 Å². The minimum Gasteiger partial charge on any atom is -0.300 e. The van der Waals surface area contributed by atoms with Crippen LogP contribution in [0, 0.1) is 17.8 Å². The summed E-state index contributed by atoms with van der Waals surface area (Å²) in [5, 5.41) is 0. The standard InChI is InChI=1S/C16H28N2/c1-3-13(2)18-8-6-17(7-9-18)12-16-11-14-4-5-15(16)10-14/h4-5,13-16H,3,6-12H2,1-2H3/t13-,14-,15-,16+/m0/s1. The third kappa shape index (κ3) is 2.50. The predicted molar refractivity (Wildman–Crippen MR) is 76.6 cm³/mol. The van der Waals surface area contributed by atoms with Gasteiger partial charge in [0.2, 0.25) is 0 Å². The van der Waals surface area contributed by atoms with Crippen molar-refractivity contribution in [1.82, 2.24) is 9.80 Å². The normalized spacial score (nSPS) is 38.4. The minimum absolute atomic E-state index is 0.776. The van der Waals surface area contributed by atoms with Crippen LogP contribution in [0.3, 0.4) is 0 Å². The minimum atomic E-state index is 0.776. The first-order valence-corrected chi connectivity index (χ1v) is 7.91. The van der Waals surface area contributed by atoms with E-state index >= 15 is 0 Å². The summed E-state index contributed by atoms with van der Waals surface area (Å²) in [5.41, 5.74) is 0. The molecule has 0 aromatic rings. The van der Waals surface area contributed by atoms with E-state index in [4.69, 9.17) is 0 Å². The molecule has 1 heterocycles. The molecule has 1 saturated carbocycles. The van der Waals surface area contributed by atoms with Crippen LogP contribution in [0.4, 0.5) is 0 Å². The van der Waals surface area contributed by atoms with Crippen molar-refractivity contribution < 1.29 is 0 Å². The van der Waals surface area contributed by atoms with Gasteiger partial charge in [-0.15, -0.1) is 0 Å². The zero-order valence-electron chi connectivity index (χ0n) is 12.0. The summed E-state index contributed by atoms with van der Waals surface area (Å²) in [4.78, 5) is 5.38. The van der Waals surface area contributed by atoms with Crippen molar-refractivity contribution in [2.45, 2.75) is 39.2 Å². The van der Waals surface area contributed by atoms with Crippen molar-refractivity contribution in [2.24, 2.45) is 17.8 Å². The fourth-order valence-corrected chi connectivity index (χ4v) is 4.08. The molecule has 0 N–H and O–H groups in total. The summed E-state index contributed by atoms with van der Waals surface area (Å²) in [5.74, 6) is 2.82. The van der Waals surface area contributed by atoms with E-state index < -0.39 is 0 Å². The van der Waals surface area contributed by atoms with E-state index in [1.165, 1.54) is 52.0 Å². The van der Waals surface area contributed by atoms with Crippen LogP contribution in [-0.2, 0) is 0 Å². The van der Waals surface area contributed by atoms with Crippen LogP contribution in [-0.4, -0.2) is 48.6 Å². The molecule has 102 valence electrons. The Morgan fingerprint density at radius 2 is 1.89 bits per heavy atom. The molecule has 1 saturated heterocycles. The highest BCUT2D eigenvalue weighted by Gasteiger charge is 2.36. The molecule has 2 aliphatic carbocycles. The van der Waals surface area contributed by atoms with Crippen molar-refractivity contribution in [3.63, 3.8) is 0 Å². The van der Waals surface area contributed by atoms with Crippen LogP contribution in [0.2, 0.25) is 0 Å². The van der Waals surface area contributed by atoms with E-state index in [1.807, 2.05) is 0 Å². The quantitative estimate of drug-likeness (QED) is 0.706. The molecule has 0 spiro atoms. The second kappa shape index (κ2) is 5.34. The van der Waals surface area contributed by atoms with Crippen LogP contribution in [0.15, 0.2) is 12.2 Å². The third-order valence-corrected chi connectivity index (χ3v) is 5.53. The molecule has 2 heteroatoms. The van der Waals surface area contributed by atoms with Crippen LogP contribution >= 0.6 is 0 Å². The molecule has 0 amide bonds. The smallest absolute Gasteiger partial charge is 0.0113 e. The van der Waals surface area contributed by atoms with Gasteiger partial charge in [-0.3, -0.25) is 4.90 Å². The van der Waals surface area contributed by atoms with Gasteiger partial charge in [-0.05, 0) is 43.9 Å². The Kier molecular flexibility index (Phi) is 3.76. The van der Waals surface area contributed by atoms with Crippen molar-refractivity contribution in [1.29, 1.82) is 0 Å². The van der Waals surface area contributed by atoms with Gasteiger partial charge in [0.25, 0.3) is 0 Å². The molecule has 2 fully saturated rings. The summed E-state index contributed by atoms with van der Waals surface area (Å²) in [6.07, 6.45) is 9.16. The summed E-state index contributed by atoms with van der Waals surface area (Å²) >= 11 is 0. The first-order valence-electron chi connectivity index (χ1n) is 7.91. The lowest BCUT2D eigenvalue weighted by molar-refractivity contribution is 0.0868. The first-order chi connectivity index (χ1) is 8.76. The fourth-order valence-electron chi connectivity index (χ4n) is 4.08. The lowest BCUT2D eigenvalue weighted by atomic mass is 9.93. The first kappa shape index (κ1) is 12.7. The summed E-state index contributed by atoms with van der Waals surface area (Å²) in [6.45, 7) is 11.2. The second-order valence-electron chi connectivity index (χ2n) is 6.63. The Hall–Kier alpha value is -0.340. The molecule has 0 unspecified atom stereocenters. The van der Waals surface area contributed by atoms with E-state index in [1.54, 1.807) is 0 Å². The molecule has 18 heavy (non-hydrogen) atoms. The zero-order chi connectivity index (χ0) is 12.5. The molecular weight excluding hydrogens is 220 g/mol. The molecule has 3 aliphatic rings. The Morgan fingerprint density at radius 1 is 1.11 bits per heavy atom. The van der Waals surface area contributed by atoms with Crippen molar-refractivity contribution in [3.05, 3.63) is 12.2 Å². The highest BCUT2D eigenvalue weighted by Crippen LogP contribution is 2.43. The van der Waals surface area contributed by atoms with Gasteiger partial charge in [0.1, 0.15) is 0 Å². The number of hydrogen-bond donors (Lipinski definition) is 0. The molecule has 0 aromatic heterocycles. The highest BCUT2D eigenvalue weighted by molar-refractivity contribution is 5.10. The van der Waals surface area contributed by atoms with Gasteiger partial charge in [0, 0.05) is 38.8 Å². The lowest BCUT2D eigenvalue weighted by Crippen LogP contribution is -2.50. The Labute approximate surface area is 112 Å². The third-order valence-electron chi connectivity index (χ3n) is 5.53. The molecule has 0 radical (unpaired) electrons. The van der Waals surface area contributed by atoms with Gasteiger partial charge < -0.3 is 4.90 Å². The van der Waals surface area contributed by atoms with Crippen molar-refractivity contribution >= 4 is 0 Å². The monoisotopic (exact) mass is 248 g/mol. The molecule has 4 atom stereocenters. The average molecular weight is 248 g/mol. The van der Waals surface area contributed by atoms with E-state index in [0.717, 1.165) is 23.8 Å². The van der Waals surface area contributed by atoms with E-state index in [2.05, 4.69) is 35.8 Å². The van der Waals surface area contributed by atoms with Crippen LogP contribution in [0.1, 0.15) is 33.1 Å². The number of fused-ring (bicyclic) bond motifs is 2. The second-order valence-corrected chi connectivity index (χ2v) is 6.63. The van der Waals surface area contributed by atoms with Crippen LogP contribution in [0.25, 0.3) is 0 Å². The molecule has 1 aliphatic heterocycles. The van der Waals surface area contributed by atoms with E-state index in [0.29, 0.717) is 0 Å². The Bertz CT molecular complexity index is 304. The molecular formula is C16H28N2. The fraction of sp³-hybridized carbons (Fsp3) is 0.875. The molecule has 3 rings (SSSR count). The van der Waals surface area contributed by atoms with E-state index in [9.17, 15) is 0 Å². The number of nitrogens with zero attached hydrogens (tertiary/aromatic N) is 2. The highest BCUT2D eigenvalue weighted by atomic mass is 15.3. The van der Waals surface area contributed by atoms with Crippen LogP contribution in [0.5, 0.6) is 0 Å². The maximum Gasteiger partial charge on any atom is 0.0113 e.